The molecule has 0 amide bonds. The summed E-state index contributed by atoms with van der Waals surface area (Å²) in [5.74, 6) is -0.881. The summed E-state index contributed by atoms with van der Waals surface area (Å²) < 4.78 is 0. The largest absolute Gasteiger partial charge is 0.249 e. The molecular weight excluding hydrogens is 208 g/mol. The highest BCUT2D eigenvalue weighted by atomic mass is 17.3. The first-order valence-corrected chi connectivity index (χ1v) is 5.95. The van der Waals surface area contributed by atoms with Crippen LogP contribution in [-0.2, 0) is 14.7 Å². The molecule has 0 aromatic heterocycles. The van der Waals surface area contributed by atoms with E-state index >= 15 is 0 Å². The van der Waals surface area contributed by atoms with Crippen LogP contribution in [-0.4, -0.2) is 17.7 Å². The standard InChI is InChI=1S/C12H26O4/c1-7-8-9-14-16-12(6,15-13)11(4,5)10(2)3/h10,13H,7-9H2,1-6H3. The van der Waals surface area contributed by atoms with E-state index in [1.165, 1.54) is 0 Å². The second-order valence-corrected chi connectivity index (χ2v) is 5.17. The van der Waals surface area contributed by atoms with Crippen LogP contribution >= 0.6 is 0 Å². The highest BCUT2D eigenvalue weighted by Gasteiger charge is 2.47. The average molecular weight is 234 g/mol. The van der Waals surface area contributed by atoms with Crippen LogP contribution in [0.2, 0.25) is 0 Å². The summed E-state index contributed by atoms with van der Waals surface area (Å²) in [6, 6.07) is 0. The van der Waals surface area contributed by atoms with Crippen LogP contribution < -0.4 is 0 Å². The highest BCUT2D eigenvalue weighted by molar-refractivity contribution is 4.84. The van der Waals surface area contributed by atoms with E-state index in [0.29, 0.717) is 6.61 Å². The zero-order chi connectivity index (χ0) is 12.8. The summed E-state index contributed by atoms with van der Waals surface area (Å²) in [6.07, 6.45) is 1.96. The molecule has 0 aliphatic carbocycles. The quantitative estimate of drug-likeness (QED) is 0.301. The van der Waals surface area contributed by atoms with Crippen LogP contribution in [0.5, 0.6) is 0 Å². The maximum atomic E-state index is 9.02. The first kappa shape index (κ1) is 15.8. The molecule has 4 heteroatoms. The topological polar surface area (TPSA) is 47.9 Å². The van der Waals surface area contributed by atoms with E-state index in [0.717, 1.165) is 12.8 Å². The summed E-state index contributed by atoms with van der Waals surface area (Å²) in [4.78, 5) is 14.8. The van der Waals surface area contributed by atoms with Gasteiger partial charge in [0.1, 0.15) is 0 Å². The van der Waals surface area contributed by atoms with E-state index in [2.05, 4.69) is 11.8 Å². The molecule has 98 valence electrons. The van der Waals surface area contributed by atoms with Gasteiger partial charge in [-0.15, -0.1) is 0 Å². The van der Waals surface area contributed by atoms with Gasteiger partial charge in [0, 0.05) is 5.41 Å². The van der Waals surface area contributed by atoms with Crippen LogP contribution in [0.15, 0.2) is 0 Å². The van der Waals surface area contributed by atoms with Crippen LogP contribution in [0.1, 0.15) is 54.4 Å². The maximum absolute atomic E-state index is 9.02. The average Bonchev–Trinajstić information content (AvgIpc) is 2.23. The zero-order valence-corrected chi connectivity index (χ0v) is 11.4. The second-order valence-electron chi connectivity index (χ2n) is 5.17. The molecule has 0 rings (SSSR count). The molecule has 0 fully saturated rings. The maximum Gasteiger partial charge on any atom is 0.236 e. The molecular formula is C12H26O4. The number of hydrogen-bond acceptors (Lipinski definition) is 4. The Bertz CT molecular complexity index is 191. The Morgan fingerprint density at radius 3 is 2.12 bits per heavy atom. The highest BCUT2D eigenvalue weighted by Crippen LogP contribution is 2.41. The lowest BCUT2D eigenvalue weighted by Crippen LogP contribution is -2.49. The van der Waals surface area contributed by atoms with Crippen molar-refractivity contribution >= 4 is 0 Å². The lowest BCUT2D eigenvalue weighted by atomic mass is 9.74. The fourth-order valence-corrected chi connectivity index (χ4v) is 1.12. The van der Waals surface area contributed by atoms with Gasteiger partial charge < -0.3 is 0 Å². The Labute approximate surface area is 98.7 Å². The Kier molecular flexibility index (Phi) is 6.48. The zero-order valence-electron chi connectivity index (χ0n) is 11.4. The molecule has 0 aromatic carbocycles. The number of rotatable bonds is 8. The summed E-state index contributed by atoms with van der Waals surface area (Å²) in [5.41, 5.74) is -0.367. The van der Waals surface area contributed by atoms with Crippen molar-refractivity contribution in [3.05, 3.63) is 0 Å². The molecule has 0 aliphatic rings. The third-order valence-corrected chi connectivity index (χ3v) is 3.59. The van der Waals surface area contributed by atoms with E-state index < -0.39 is 5.79 Å². The van der Waals surface area contributed by atoms with E-state index in [-0.39, 0.29) is 11.3 Å². The van der Waals surface area contributed by atoms with Crippen molar-refractivity contribution < 1.29 is 19.9 Å². The third-order valence-electron chi connectivity index (χ3n) is 3.59. The van der Waals surface area contributed by atoms with E-state index in [1.807, 2.05) is 27.7 Å². The van der Waals surface area contributed by atoms with Crippen LogP contribution in [0.25, 0.3) is 0 Å². The van der Waals surface area contributed by atoms with Crippen molar-refractivity contribution in [1.29, 1.82) is 0 Å². The number of unbranched alkanes of at least 4 members (excludes halogenated alkanes) is 1. The fraction of sp³-hybridized carbons (Fsp3) is 1.00. The molecule has 1 unspecified atom stereocenters. The van der Waals surface area contributed by atoms with Crippen molar-refractivity contribution in [2.75, 3.05) is 6.61 Å². The van der Waals surface area contributed by atoms with Crippen LogP contribution in [0.4, 0.5) is 0 Å². The summed E-state index contributed by atoms with van der Waals surface area (Å²) in [6.45, 7) is 12.3. The first-order chi connectivity index (χ1) is 7.31. The van der Waals surface area contributed by atoms with Gasteiger partial charge in [0.25, 0.3) is 0 Å². The Balaban J connectivity index is 4.41. The smallest absolute Gasteiger partial charge is 0.236 e. The van der Waals surface area contributed by atoms with Crippen LogP contribution in [0.3, 0.4) is 0 Å². The molecule has 0 saturated heterocycles. The molecule has 0 bridgehead atoms. The van der Waals surface area contributed by atoms with E-state index in [1.54, 1.807) is 6.92 Å². The van der Waals surface area contributed by atoms with Gasteiger partial charge in [-0.2, -0.15) is 4.89 Å². The molecule has 1 N–H and O–H groups in total. The summed E-state index contributed by atoms with van der Waals surface area (Å²) in [5, 5.41) is 9.02. The molecule has 0 saturated carbocycles. The first-order valence-electron chi connectivity index (χ1n) is 5.95. The molecule has 1 atom stereocenters. The van der Waals surface area contributed by atoms with Gasteiger partial charge in [-0.25, -0.2) is 15.0 Å². The summed E-state index contributed by atoms with van der Waals surface area (Å²) in [7, 11) is 0. The normalized spacial score (nSPS) is 16.5. The predicted molar refractivity (Wildman–Crippen MR) is 62.7 cm³/mol. The monoisotopic (exact) mass is 234 g/mol. The van der Waals surface area contributed by atoms with Crippen molar-refractivity contribution in [1.82, 2.24) is 0 Å². The Hall–Kier alpha value is -0.160. The Morgan fingerprint density at radius 2 is 1.75 bits per heavy atom. The van der Waals surface area contributed by atoms with Gasteiger partial charge >= 0.3 is 0 Å². The van der Waals surface area contributed by atoms with E-state index in [4.69, 9.17) is 15.0 Å². The lowest BCUT2D eigenvalue weighted by molar-refractivity contribution is -0.521. The van der Waals surface area contributed by atoms with Crippen molar-refractivity contribution in [3.63, 3.8) is 0 Å². The predicted octanol–water partition coefficient (Wildman–Crippen LogP) is 3.62. The fourth-order valence-electron chi connectivity index (χ4n) is 1.12. The Morgan fingerprint density at radius 1 is 1.19 bits per heavy atom. The number of hydrogen-bond donors (Lipinski definition) is 1. The van der Waals surface area contributed by atoms with Crippen molar-refractivity contribution in [2.24, 2.45) is 11.3 Å². The summed E-state index contributed by atoms with van der Waals surface area (Å²) >= 11 is 0. The van der Waals surface area contributed by atoms with E-state index in [9.17, 15) is 0 Å². The third kappa shape index (κ3) is 3.70. The molecule has 0 aliphatic heterocycles. The van der Waals surface area contributed by atoms with Crippen molar-refractivity contribution in [2.45, 2.75) is 60.2 Å². The van der Waals surface area contributed by atoms with Gasteiger partial charge in [0.2, 0.25) is 5.79 Å². The SMILES string of the molecule is CCCCOOC(C)(OO)C(C)(C)C(C)C. The molecule has 0 radical (unpaired) electrons. The van der Waals surface area contributed by atoms with Crippen molar-refractivity contribution in [3.8, 4) is 0 Å². The molecule has 0 aromatic rings. The second kappa shape index (κ2) is 6.55. The lowest BCUT2D eigenvalue weighted by Gasteiger charge is -2.42. The molecule has 16 heavy (non-hydrogen) atoms. The minimum Gasteiger partial charge on any atom is -0.249 e. The van der Waals surface area contributed by atoms with Gasteiger partial charge in [-0.3, -0.25) is 0 Å². The minimum absolute atomic E-state index is 0.277. The minimum atomic E-state index is -1.16. The molecule has 0 spiro atoms. The van der Waals surface area contributed by atoms with Gasteiger partial charge in [-0.1, -0.05) is 41.0 Å². The molecule has 4 nitrogen and oxygen atoms in total. The van der Waals surface area contributed by atoms with Gasteiger partial charge in [-0.05, 0) is 19.3 Å². The van der Waals surface area contributed by atoms with Gasteiger partial charge in [0.05, 0.1) is 6.61 Å². The van der Waals surface area contributed by atoms with Crippen LogP contribution in [0, 0.1) is 11.3 Å². The molecule has 0 heterocycles. The van der Waals surface area contributed by atoms with Gasteiger partial charge in [0.15, 0.2) is 0 Å².